The average Bonchev–Trinajstić information content (AvgIpc) is 2.55. The lowest BCUT2D eigenvalue weighted by Gasteiger charge is -2.09. The summed E-state index contributed by atoms with van der Waals surface area (Å²) >= 11 is 0. The monoisotopic (exact) mass is 311 g/mol. The van der Waals surface area contributed by atoms with E-state index in [2.05, 4.69) is 16.0 Å². The van der Waals surface area contributed by atoms with Gasteiger partial charge in [-0.05, 0) is 48.9 Å². The van der Waals surface area contributed by atoms with Gasteiger partial charge >= 0.3 is 0 Å². The highest BCUT2D eigenvalue weighted by molar-refractivity contribution is 5.94. The Morgan fingerprint density at radius 1 is 0.870 bits per heavy atom. The van der Waals surface area contributed by atoms with E-state index < -0.39 is 0 Å². The van der Waals surface area contributed by atoms with Crippen molar-refractivity contribution in [1.82, 2.24) is 0 Å². The minimum Gasteiger partial charge on any atom is -0.376 e. The largest absolute Gasteiger partial charge is 0.376 e. The van der Waals surface area contributed by atoms with E-state index in [1.807, 2.05) is 31.2 Å². The molecule has 2 rings (SSSR count). The number of nitrogens with one attached hydrogen (secondary N) is 3. The number of aryl methyl sites for hydroxylation is 1. The van der Waals surface area contributed by atoms with Crippen molar-refractivity contribution in [2.75, 3.05) is 22.5 Å². The molecule has 23 heavy (non-hydrogen) atoms. The molecule has 0 radical (unpaired) electrons. The van der Waals surface area contributed by atoms with Gasteiger partial charge < -0.3 is 16.0 Å². The minimum absolute atomic E-state index is 0.0378. The Labute approximate surface area is 136 Å². The molecule has 120 valence electrons. The lowest BCUT2D eigenvalue weighted by atomic mass is 10.2. The summed E-state index contributed by atoms with van der Waals surface area (Å²) in [5.41, 5.74) is 3.46. The molecule has 3 N–H and O–H groups in total. The van der Waals surface area contributed by atoms with Gasteiger partial charge in [0.05, 0.1) is 6.54 Å². The zero-order chi connectivity index (χ0) is 16.7. The van der Waals surface area contributed by atoms with E-state index in [-0.39, 0.29) is 18.4 Å². The standard InChI is InChI=1S/C18H21N3O2/c1-3-17(22)20-14-7-9-15(10-8-14)21-18(23)12-19-16-6-4-5-13(2)11-16/h4-11,19H,3,12H2,1-2H3,(H,20,22)(H,21,23). The molecule has 0 saturated carbocycles. The van der Waals surface area contributed by atoms with Gasteiger partial charge in [0.25, 0.3) is 0 Å². The van der Waals surface area contributed by atoms with Crippen molar-refractivity contribution in [3.8, 4) is 0 Å². The lowest BCUT2D eigenvalue weighted by molar-refractivity contribution is -0.116. The van der Waals surface area contributed by atoms with Crippen molar-refractivity contribution in [3.05, 3.63) is 54.1 Å². The molecule has 0 aliphatic carbocycles. The second-order valence-corrected chi connectivity index (χ2v) is 5.25. The Morgan fingerprint density at radius 2 is 1.48 bits per heavy atom. The summed E-state index contributed by atoms with van der Waals surface area (Å²) in [4.78, 5) is 23.2. The van der Waals surface area contributed by atoms with Crippen LogP contribution in [0.3, 0.4) is 0 Å². The van der Waals surface area contributed by atoms with Crippen LogP contribution < -0.4 is 16.0 Å². The molecule has 0 fully saturated rings. The molecule has 0 heterocycles. The molecule has 0 atom stereocenters. The third-order valence-electron chi connectivity index (χ3n) is 3.24. The zero-order valence-corrected chi connectivity index (χ0v) is 13.3. The van der Waals surface area contributed by atoms with E-state index in [1.54, 1.807) is 31.2 Å². The number of rotatable bonds is 6. The van der Waals surface area contributed by atoms with Gasteiger partial charge in [0.15, 0.2) is 0 Å². The minimum atomic E-state index is -0.128. The Kier molecular flexibility index (Phi) is 5.74. The molecule has 5 nitrogen and oxygen atoms in total. The number of carbonyl (C=O) groups excluding carboxylic acids is 2. The molecular weight excluding hydrogens is 290 g/mol. The summed E-state index contributed by atoms with van der Waals surface area (Å²) < 4.78 is 0. The van der Waals surface area contributed by atoms with Crippen molar-refractivity contribution < 1.29 is 9.59 Å². The first-order valence-corrected chi connectivity index (χ1v) is 7.57. The van der Waals surface area contributed by atoms with E-state index in [1.165, 1.54) is 0 Å². The predicted octanol–water partition coefficient (Wildman–Crippen LogP) is 3.39. The summed E-state index contributed by atoms with van der Waals surface area (Å²) in [5, 5.41) is 8.65. The Balaban J connectivity index is 1.84. The van der Waals surface area contributed by atoms with Crippen molar-refractivity contribution in [3.63, 3.8) is 0 Å². The topological polar surface area (TPSA) is 70.2 Å². The van der Waals surface area contributed by atoms with Crippen LogP contribution in [0, 0.1) is 6.92 Å². The van der Waals surface area contributed by atoms with Crippen molar-refractivity contribution in [1.29, 1.82) is 0 Å². The van der Waals surface area contributed by atoms with E-state index in [4.69, 9.17) is 0 Å². The van der Waals surface area contributed by atoms with Gasteiger partial charge in [-0.2, -0.15) is 0 Å². The molecule has 5 heteroatoms. The Bertz CT molecular complexity index is 681. The Morgan fingerprint density at radius 3 is 2.04 bits per heavy atom. The lowest BCUT2D eigenvalue weighted by Crippen LogP contribution is -2.21. The van der Waals surface area contributed by atoms with Crippen molar-refractivity contribution >= 4 is 28.9 Å². The summed E-state index contributed by atoms with van der Waals surface area (Å²) in [7, 11) is 0. The summed E-state index contributed by atoms with van der Waals surface area (Å²) in [6.45, 7) is 3.99. The van der Waals surface area contributed by atoms with Gasteiger partial charge in [0.2, 0.25) is 11.8 Å². The predicted molar refractivity (Wildman–Crippen MR) is 93.7 cm³/mol. The van der Waals surface area contributed by atoms with Gasteiger partial charge in [-0.15, -0.1) is 0 Å². The molecule has 2 aromatic rings. The van der Waals surface area contributed by atoms with Gasteiger partial charge in [-0.1, -0.05) is 19.1 Å². The SMILES string of the molecule is CCC(=O)Nc1ccc(NC(=O)CNc2cccc(C)c2)cc1. The van der Waals surface area contributed by atoms with Crippen LogP contribution in [0.4, 0.5) is 17.1 Å². The molecular formula is C18H21N3O2. The number of amides is 2. The maximum atomic E-state index is 11.9. The number of anilines is 3. The van der Waals surface area contributed by atoms with E-state index in [9.17, 15) is 9.59 Å². The molecule has 2 amide bonds. The van der Waals surface area contributed by atoms with Crippen molar-refractivity contribution in [2.45, 2.75) is 20.3 Å². The van der Waals surface area contributed by atoms with Crippen LogP contribution in [0.25, 0.3) is 0 Å². The number of hydrogen-bond acceptors (Lipinski definition) is 3. The highest BCUT2D eigenvalue weighted by atomic mass is 16.2. The fourth-order valence-corrected chi connectivity index (χ4v) is 2.03. The van der Waals surface area contributed by atoms with Gasteiger partial charge in [-0.3, -0.25) is 9.59 Å². The molecule has 0 aromatic heterocycles. The molecule has 0 bridgehead atoms. The quantitative estimate of drug-likeness (QED) is 0.766. The highest BCUT2D eigenvalue weighted by Crippen LogP contribution is 2.14. The van der Waals surface area contributed by atoms with Gasteiger partial charge in [0.1, 0.15) is 0 Å². The third-order valence-corrected chi connectivity index (χ3v) is 3.24. The van der Waals surface area contributed by atoms with E-state index in [0.717, 1.165) is 11.3 Å². The second kappa shape index (κ2) is 7.98. The summed E-state index contributed by atoms with van der Waals surface area (Å²) in [6.07, 6.45) is 0.434. The van der Waals surface area contributed by atoms with Crippen LogP contribution in [0.15, 0.2) is 48.5 Å². The summed E-state index contributed by atoms with van der Waals surface area (Å²) in [5.74, 6) is -0.166. The Hall–Kier alpha value is -2.82. The van der Waals surface area contributed by atoms with Crippen LogP contribution >= 0.6 is 0 Å². The van der Waals surface area contributed by atoms with Gasteiger partial charge in [0, 0.05) is 23.5 Å². The molecule has 2 aromatic carbocycles. The fourth-order valence-electron chi connectivity index (χ4n) is 2.03. The fraction of sp³-hybridized carbons (Fsp3) is 0.222. The third kappa shape index (κ3) is 5.47. The van der Waals surface area contributed by atoms with Crippen molar-refractivity contribution in [2.24, 2.45) is 0 Å². The number of carbonyl (C=O) groups is 2. The highest BCUT2D eigenvalue weighted by Gasteiger charge is 2.03. The molecule has 0 saturated heterocycles. The number of benzene rings is 2. The van der Waals surface area contributed by atoms with Crippen LogP contribution in [0.2, 0.25) is 0 Å². The maximum absolute atomic E-state index is 11.9. The van der Waals surface area contributed by atoms with Crippen LogP contribution in [-0.2, 0) is 9.59 Å². The van der Waals surface area contributed by atoms with Crippen LogP contribution in [0.5, 0.6) is 0 Å². The zero-order valence-electron chi connectivity index (χ0n) is 13.3. The molecule has 0 unspecified atom stereocenters. The molecule has 0 aliphatic rings. The van der Waals surface area contributed by atoms with E-state index in [0.29, 0.717) is 17.8 Å². The average molecular weight is 311 g/mol. The number of hydrogen-bond donors (Lipinski definition) is 3. The maximum Gasteiger partial charge on any atom is 0.243 e. The summed E-state index contributed by atoms with van der Waals surface area (Å²) in [6, 6.07) is 14.9. The van der Waals surface area contributed by atoms with Gasteiger partial charge in [-0.25, -0.2) is 0 Å². The van der Waals surface area contributed by atoms with Crippen LogP contribution in [-0.4, -0.2) is 18.4 Å². The molecule has 0 spiro atoms. The first-order chi connectivity index (χ1) is 11.1. The first kappa shape index (κ1) is 16.5. The normalized spacial score (nSPS) is 10.0. The second-order valence-electron chi connectivity index (χ2n) is 5.25. The smallest absolute Gasteiger partial charge is 0.243 e. The molecule has 0 aliphatic heterocycles. The van der Waals surface area contributed by atoms with E-state index >= 15 is 0 Å². The van der Waals surface area contributed by atoms with Crippen LogP contribution in [0.1, 0.15) is 18.9 Å². The first-order valence-electron chi connectivity index (χ1n) is 7.57.